The maximum Gasteiger partial charge on any atom is 0.00392 e. The second-order valence-electron chi connectivity index (χ2n) is 5.31. The van der Waals surface area contributed by atoms with E-state index in [1.165, 1.54) is 37.7 Å². The summed E-state index contributed by atoms with van der Waals surface area (Å²) < 4.78 is 0. The Balaban J connectivity index is 1.99. The Labute approximate surface area is 92.7 Å². The molecule has 1 fully saturated rings. The molecule has 1 aliphatic carbocycles. The molecule has 0 aliphatic heterocycles. The minimum absolute atomic E-state index is 0.453. The molecule has 0 unspecified atom stereocenters. The smallest absolute Gasteiger partial charge is 0.00392 e. The average molecular weight is 203 g/mol. The summed E-state index contributed by atoms with van der Waals surface area (Å²) in [5, 5.41) is 0. The Kier molecular flexibility index (Phi) is 3.11. The van der Waals surface area contributed by atoms with Gasteiger partial charge in [0.2, 0.25) is 0 Å². The molecule has 1 saturated carbocycles. The van der Waals surface area contributed by atoms with Gasteiger partial charge in [-0.15, -0.1) is 0 Å². The van der Waals surface area contributed by atoms with Crippen LogP contribution in [0.5, 0.6) is 0 Å². The van der Waals surface area contributed by atoms with Gasteiger partial charge in [-0.3, -0.25) is 0 Å². The molecule has 0 amide bonds. The topological polar surface area (TPSA) is 26.0 Å². The monoisotopic (exact) mass is 203 g/mol. The van der Waals surface area contributed by atoms with E-state index in [2.05, 4.69) is 37.3 Å². The minimum atomic E-state index is 0.453. The van der Waals surface area contributed by atoms with Gasteiger partial charge in [0.25, 0.3) is 0 Å². The van der Waals surface area contributed by atoms with Crippen LogP contribution in [-0.2, 0) is 6.42 Å². The van der Waals surface area contributed by atoms with Crippen LogP contribution in [0.2, 0.25) is 0 Å². The highest BCUT2D eigenvalue weighted by Crippen LogP contribution is 2.38. The first-order valence-corrected chi connectivity index (χ1v) is 5.97. The van der Waals surface area contributed by atoms with Crippen LogP contribution in [0.25, 0.3) is 0 Å². The van der Waals surface area contributed by atoms with Crippen LogP contribution in [0.15, 0.2) is 30.3 Å². The van der Waals surface area contributed by atoms with Gasteiger partial charge in [-0.1, -0.05) is 37.3 Å². The lowest BCUT2D eigenvalue weighted by Gasteiger charge is -2.36. The molecule has 1 aliphatic rings. The number of rotatable bonds is 2. The third-order valence-electron chi connectivity index (χ3n) is 3.71. The van der Waals surface area contributed by atoms with E-state index in [1.807, 2.05) is 0 Å². The molecule has 0 aromatic heterocycles. The van der Waals surface area contributed by atoms with E-state index in [1.54, 1.807) is 0 Å². The Morgan fingerprint density at radius 2 is 1.80 bits per heavy atom. The summed E-state index contributed by atoms with van der Waals surface area (Å²) in [6, 6.07) is 11.3. The van der Waals surface area contributed by atoms with Gasteiger partial charge in [0.1, 0.15) is 0 Å². The Morgan fingerprint density at radius 3 is 2.40 bits per heavy atom. The van der Waals surface area contributed by atoms with Crippen LogP contribution in [0.1, 0.15) is 38.2 Å². The van der Waals surface area contributed by atoms with Gasteiger partial charge in [-0.05, 0) is 43.1 Å². The van der Waals surface area contributed by atoms with Gasteiger partial charge in [-0.2, -0.15) is 0 Å². The first kappa shape index (κ1) is 10.7. The van der Waals surface area contributed by atoms with E-state index in [-0.39, 0.29) is 0 Å². The second-order valence-corrected chi connectivity index (χ2v) is 5.31. The van der Waals surface area contributed by atoms with Crippen LogP contribution in [0.4, 0.5) is 0 Å². The Hall–Kier alpha value is -0.820. The number of nitrogens with two attached hydrogens (primary N) is 1. The molecule has 2 rings (SSSR count). The number of hydrogen-bond acceptors (Lipinski definition) is 1. The van der Waals surface area contributed by atoms with Crippen LogP contribution < -0.4 is 5.73 Å². The van der Waals surface area contributed by atoms with Crippen molar-refractivity contribution >= 4 is 0 Å². The van der Waals surface area contributed by atoms with Gasteiger partial charge >= 0.3 is 0 Å². The standard InChI is InChI=1S/C14H21N/c1-14(9-7-13(15)8-10-14)11-12-5-3-2-4-6-12/h2-6,13H,7-11,15H2,1H3. The molecule has 2 N–H and O–H groups in total. The molecule has 0 spiro atoms. The summed E-state index contributed by atoms with van der Waals surface area (Å²) in [6.07, 6.45) is 6.17. The first-order chi connectivity index (χ1) is 7.18. The van der Waals surface area contributed by atoms with Crippen molar-refractivity contribution in [2.45, 2.75) is 45.1 Å². The van der Waals surface area contributed by atoms with Gasteiger partial charge in [0.15, 0.2) is 0 Å². The molecule has 1 aromatic rings. The summed E-state index contributed by atoms with van der Waals surface area (Å²) >= 11 is 0. The predicted octanol–water partition coefficient (Wildman–Crippen LogP) is 3.14. The molecule has 0 bridgehead atoms. The maximum atomic E-state index is 5.95. The zero-order valence-electron chi connectivity index (χ0n) is 9.58. The lowest BCUT2D eigenvalue weighted by molar-refractivity contribution is 0.198. The molecule has 0 heterocycles. The summed E-state index contributed by atoms with van der Waals surface area (Å²) in [5.41, 5.74) is 7.90. The van der Waals surface area contributed by atoms with Crippen molar-refractivity contribution < 1.29 is 0 Å². The highest BCUT2D eigenvalue weighted by molar-refractivity contribution is 5.16. The molecule has 0 atom stereocenters. The van der Waals surface area contributed by atoms with Crippen LogP contribution in [0, 0.1) is 5.41 Å². The van der Waals surface area contributed by atoms with Gasteiger partial charge in [0, 0.05) is 6.04 Å². The van der Waals surface area contributed by atoms with E-state index in [4.69, 9.17) is 5.73 Å². The first-order valence-electron chi connectivity index (χ1n) is 5.97. The van der Waals surface area contributed by atoms with E-state index in [9.17, 15) is 0 Å². The SMILES string of the molecule is CC1(Cc2ccccc2)CCC(N)CC1. The highest BCUT2D eigenvalue weighted by Gasteiger charge is 2.29. The van der Waals surface area contributed by atoms with E-state index in [0.717, 1.165) is 0 Å². The lowest BCUT2D eigenvalue weighted by atomic mass is 9.71. The summed E-state index contributed by atoms with van der Waals surface area (Å²) in [6.45, 7) is 2.41. The van der Waals surface area contributed by atoms with Crippen molar-refractivity contribution in [2.75, 3.05) is 0 Å². The third-order valence-corrected chi connectivity index (χ3v) is 3.71. The van der Waals surface area contributed by atoms with E-state index in [0.29, 0.717) is 11.5 Å². The van der Waals surface area contributed by atoms with E-state index < -0.39 is 0 Å². The second kappa shape index (κ2) is 4.36. The Bertz CT molecular complexity index is 296. The lowest BCUT2D eigenvalue weighted by Crippen LogP contribution is -2.33. The quantitative estimate of drug-likeness (QED) is 0.785. The van der Waals surface area contributed by atoms with Crippen LogP contribution >= 0.6 is 0 Å². The molecular formula is C14H21N. The molecule has 1 heteroatoms. The fourth-order valence-electron chi connectivity index (χ4n) is 2.60. The summed E-state index contributed by atoms with van der Waals surface area (Å²) in [5.74, 6) is 0. The fraction of sp³-hybridized carbons (Fsp3) is 0.571. The predicted molar refractivity (Wildman–Crippen MR) is 64.7 cm³/mol. The van der Waals surface area contributed by atoms with Crippen molar-refractivity contribution in [3.8, 4) is 0 Å². The van der Waals surface area contributed by atoms with E-state index >= 15 is 0 Å². The fourth-order valence-corrected chi connectivity index (χ4v) is 2.60. The third kappa shape index (κ3) is 2.82. The Morgan fingerprint density at radius 1 is 1.20 bits per heavy atom. The van der Waals surface area contributed by atoms with Crippen molar-refractivity contribution in [1.82, 2.24) is 0 Å². The largest absolute Gasteiger partial charge is 0.328 e. The highest BCUT2D eigenvalue weighted by atomic mass is 14.6. The van der Waals surface area contributed by atoms with Gasteiger partial charge in [-0.25, -0.2) is 0 Å². The molecule has 1 nitrogen and oxygen atoms in total. The number of benzene rings is 1. The summed E-state index contributed by atoms with van der Waals surface area (Å²) in [4.78, 5) is 0. The summed E-state index contributed by atoms with van der Waals surface area (Å²) in [7, 11) is 0. The minimum Gasteiger partial charge on any atom is -0.328 e. The molecule has 0 saturated heterocycles. The number of hydrogen-bond donors (Lipinski definition) is 1. The van der Waals surface area contributed by atoms with Crippen molar-refractivity contribution in [2.24, 2.45) is 11.1 Å². The normalized spacial score (nSPS) is 31.5. The van der Waals surface area contributed by atoms with Crippen LogP contribution in [0.3, 0.4) is 0 Å². The molecule has 0 radical (unpaired) electrons. The maximum absolute atomic E-state index is 5.95. The van der Waals surface area contributed by atoms with Gasteiger partial charge in [0.05, 0.1) is 0 Å². The molecule has 1 aromatic carbocycles. The van der Waals surface area contributed by atoms with Crippen LogP contribution in [-0.4, -0.2) is 6.04 Å². The van der Waals surface area contributed by atoms with Crippen molar-refractivity contribution in [1.29, 1.82) is 0 Å². The zero-order valence-corrected chi connectivity index (χ0v) is 9.58. The van der Waals surface area contributed by atoms with Crippen molar-refractivity contribution in [3.05, 3.63) is 35.9 Å². The average Bonchev–Trinajstić information content (AvgIpc) is 2.24. The molecular weight excluding hydrogens is 182 g/mol. The molecule has 15 heavy (non-hydrogen) atoms. The van der Waals surface area contributed by atoms with Gasteiger partial charge < -0.3 is 5.73 Å². The van der Waals surface area contributed by atoms with Crippen molar-refractivity contribution in [3.63, 3.8) is 0 Å². The zero-order chi connectivity index (χ0) is 10.7. The molecule has 82 valence electrons.